The van der Waals surface area contributed by atoms with Gasteiger partial charge in [-0.2, -0.15) is 8.61 Å². The molecule has 1 amide bonds. The molecule has 1 fully saturated rings. The first-order valence-electron chi connectivity index (χ1n) is 9.39. The van der Waals surface area contributed by atoms with Crippen LogP contribution < -0.4 is 5.32 Å². The Morgan fingerprint density at radius 1 is 1.07 bits per heavy atom. The van der Waals surface area contributed by atoms with E-state index < -0.39 is 25.5 Å². The maximum Gasteiger partial charge on any atom is 0.243 e. The minimum absolute atomic E-state index is 0.0890. The fourth-order valence-corrected chi connectivity index (χ4v) is 6.50. The molecule has 11 heteroatoms. The molecule has 2 aliphatic heterocycles. The van der Waals surface area contributed by atoms with Gasteiger partial charge < -0.3 is 10.1 Å². The molecule has 0 saturated carbocycles. The molecule has 2 aliphatic rings. The smallest absolute Gasteiger partial charge is 0.243 e. The van der Waals surface area contributed by atoms with Crippen molar-refractivity contribution < 1.29 is 26.4 Å². The average Bonchev–Trinajstić information content (AvgIpc) is 2.65. The van der Waals surface area contributed by atoms with Crippen LogP contribution in [0.25, 0.3) is 0 Å². The van der Waals surface area contributed by atoms with Crippen LogP contribution in [-0.4, -0.2) is 77.0 Å². The summed E-state index contributed by atoms with van der Waals surface area (Å²) in [6, 6.07) is 4.72. The molecule has 0 atom stereocenters. The zero-order valence-corrected chi connectivity index (χ0v) is 18.5. The lowest BCUT2D eigenvalue weighted by Crippen LogP contribution is -2.51. The number of methoxy groups -OCH3 is 1. The Hall–Kier alpha value is -1.53. The molecule has 29 heavy (non-hydrogen) atoms. The highest BCUT2D eigenvalue weighted by molar-refractivity contribution is 7.89. The molecule has 2 heterocycles. The number of piperazine rings is 1. The van der Waals surface area contributed by atoms with Crippen molar-refractivity contribution in [2.24, 2.45) is 0 Å². The Morgan fingerprint density at radius 3 is 2.31 bits per heavy atom. The van der Waals surface area contributed by atoms with Gasteiger partial charge in [-0.3, -0.25) is 4.79 Å². The number of sulfonamides is 2. The van der Waals surface area contributed by atoms with Gasteiger partial charge in [-0.25, -0.2) is 16.8 Å². The van der Waals surface area contributed by atoms with Crippen LogP contribution in [0.2, 0.25) is 0 Å². The summed E-state index contributed by atoms with van der Waals surface area (Å²) < 4.78 is 58.3. The van der Waals surface area contributed by atoms with Gasteiger partial charge in [-0.05, 0) is 23.8 Å². The first-order chi connectivity index (χ1) is 13.5. The third-order valence-corrected chi connectivity index (χ3v) is 9.10. The summed E-state index contributed by atoms with van der Waals surface area (Å²) in [4.78, 5) is 12.0. The van der Waals surface area contributed by atoms with Crippen LogP contribution in [0.5, 0.6) is 0 Å². The van der Waals surface area contributed by atoms with Gasteiger partial charge in [-0.1, -0.05) is 13.8 Å². The standard InChI is InChI=1S/C18H27N3O6S2/c1-18(2)13-17(22)19-16-5-4-14(12-15(16)18)29(25,26)21-8-6-20(7-9-21)28(23,24)11-10-27-3/h4-5,12H,6-11,13H2,1-3H3,(H,19,22). The monoisotopic (exact) mass is 445 g/mol. The Morgan fingerprint density at radius 2 is 1.69 bits per heavy atom. The second kappa shape index (κ2) is 7.95. The van der Waals surface area contributed by atoms with Gasteiger partial charge in [-0.15, -0.1) is 0 Å². The molecule has 0 bridgehead atoms. The summed E-state index contributed by atoms with van der Waals surface area (Å²) >= 11 is 0. The molecule has 0 aromatic heterocycles. The normalized spacial score (nSPS) is 20.9. The van der Waals surface area contributed by atoms with E-state index in [1.165, 1.54) is 21.8 Å². The average molecular weight is 446 g/mol. The molecule has 0 aliphatic carbocycles. The van der Waals surface area contributed by atoms with Crippen LogP contribution in [0.15, 0.2) is 23.1 Å². The number of nitrogens with zero attached hydrogens (tertiary/aromatic N) is 2. The van der Waals surface area contributed by atoms with Crippen LogP contribution in [0.3, 0.4) is 0 Å². The number of benzene rings is 1. The fraction of sp³-hybridized carbons (Fsp3) is 0.611. The van der Waals surface area contributed by atoms with E-state index >= 15 is 0 Å². The summed E-state index contributed by atoms with van der Waals surface area (Å²) in [5.41, 5.74) is 0.926. The number of rotatable bonds is 6. The number of fused-ring (bicyclic) bond motifs is 1. The molecule has 162 valence electrons. The van der Waals surface area contributed by atoms with Crippen molar-refractivity contribution >= 4 is 31.6 Å². The third-order valence-electron chi connectivity index (χ3n) is 5.37. The van der Waals surface area contributed by atoms with Gasteiger partial charge in [0.05, 0.1) is 17.3 Å². The molecule has 0 radical (unpaired) electrons. The summed E-state index contributed by atoms with van der Waals surface area (Å²) in [6.07, 6.45) is 0.279. The van der Waals surface area contributed by atoms with Gasteiger partial charge in [0.1, 0.15) is 0 Å². The van der Waals surface area contributed by atoms with Gasteiger partial charge in [0.2, 0.25) is 26.0 Å². The van der Waals surface area contributed by atoms with E-state index in [4.69, 9.17) is 4.74 Å². The SMILES string of the molecule is COCCS(=O)(=O)N1CCN(S(=O)(=O)c2ccc3c(c2)C(C)(C)CC(=O)N3)CC1. The summed E-state index contributed by atoms with van der Waals surface area (Å²) in [5, 5.41) is 2.78. The summed E-state index contributed by atoms with van der Waals surface area (Å²) in [6.45, 7) is 4.31. The Bertz CT molecular complexity index is 996. The van der Waals surface area contributed by atoms with Crippen LogP contribution >= 0.6 is 0 Å². The number of carbonyl (C=O) groups is 1. The predicted octanol–water partition coefficient (Wildman–Crippen LogP) is 0.589. The Kier molecular flexibility index (Phi) is 6.08. The van der Waals surface area contributed by atoms with Crippen molar-refractivity contribution in [2.75, 3.05) is 51.0 Å². The number of carbonyl (C=O) groups excluding carboxylic acids is 1. The van der Waals surface area contributed by atoms with Crippen molar-refractivity contribution in [2.45, 2.75) is 30.6 Å². The van der Waals surface area contributed by atoms with E-state index in [1.807, 2.05) is 13.8 Å². The number of amides is 1. The first kappa shape index (κ1) is 22.2. The molecule has 1 aromatic carbocycles. The van der Waals surface area contributed by atoms with Crippen molar-refractivity contribution in [1.29, 1.82) is 0 Å². The molecule has 0 spiro atoms. The molecule has 9 nitrogen and oxygen atoms in total. The zero-order valence-electron chi connectivity index (χ0n) is 16.8. The number of nitrogens with one attached hydrogen (secondary N) is 1. The lowest BCUT2D eigenvalue weighted by molar-refractivity contribution is -0.117. The van der Waals surface area contributed by atoms with E-state index in [0.29, 0.717) is 5.69 Å². The molecular formula is C18H27N3O6S2. The number of anilines is 1. The number of ether oxygens (including phenoxy) is 1. The van der Waals surface area contributed by atoms with Crippen LogP contribution in [-0.2, 0) is 35.0 Å². The lowest BCUT2D eigenvalue weighted by Gasteiger charge is -2.35. The summed E-state index contributed by atoms with van der Waals surface area (Å²) in [7, 11) is -5.80. The highest BCUT2D eigenvalue weighted by atomic mass is 32.2. The predicted molar refractivity (Wildman–Crippen MR) is 109 cm³/mol. The van der Waals surface area contributed by atoms with Crippen LogP contribution in [0, 0.1) is 0 Å². The number of hydrogen-bond donors (Lipinski definition) is 1. The van der Waals surface area contributed by atoms with E-state index in [2.05, 4.69) is 5.32 Å². The quantitative estimate of drug-likeness (QED) is 0.686. The molecule has 1 saturated heterocycles. The van der Waals surface area contributed by atoms with E-state index in [9.17, 15) is 21.6 Å². The maximum atomic E-state index is 13.1. The van der Waals surface area contributed by atoms with Gasteiger partial charge in [0.25, 0.3) is 0 Å². The third kappa shape index (κ3) is 4.48. The minimum Gasteiger partial charge on any atom is -0.384 e. The van der Waals surface area contributed by atoms with Crippen molar-refractivity contribution in [3.05, 3.63) is 23.8 Å². The van der Waals surface area contributed by atoms with Crippen LogP contribution in [0.4, 0.5) is 5.69 Å². The maximum absolute atomic E-state index is 13.1. The molecule has 1 N–H and O–H groups in total. The van der Waals surface area contributed by atoms with Crippen molar-refractivity contribution in [3.8, 4) is 0 Å². The van der Waals surface area contributed by atoms with Gasteiger partial charge >= 0.3 is 0 Å². The Labute approximate surface area is 172 Å². The fourth-order valence-electron chi connectivity index (χ4n) is 3.70. The second-order valence-electron chi connectivity index (χ2n) is 7.93. The molecular weight excluding hydrogens is 418 g/mol. The van der Waals surface area contributed by atoms with E-state index in [0.717, 1.165) is 5.56 Å². The van der Waals surface area contributed by atoms with Gasteiger partial charge in [0.15, 0.2) is 0 Å². The first-order valence-corrected chi connectivity index (χ1v) is 12.4. The topological polar surface area (TPSA) is 113 Å². The Balaban J connectivity index is 1.79. The lowest BCUT2D eigenvalue weighted by atomic mass is 9.78. The zero-order chi connectivity index (χ0) is 21.4. The van der Waals surface area contributed by atoms with Crippen molar-refractivity contribution in [1.82, 2.24) is 8.61 Å². The number of hydrogen-bond acceptors (Lipinski definition) is 6. The van der Waals surface area contributed by atoms with Gasteiger partial charge in [0, 0.05) is 50.8 Å². The highest BCUT2D eigenvalue weighted by Crippen LogP contribution is 2.38. The van der Waals surface area contributed by atoms with E-state index in [1.54, 1.807) is 12.1 Å². The summed E-state index contributed by atoms with van der Waals surface area (Å²) in [5.74, 6) is -0.217. The van der Waals surface area contributed by atoms with E-state index in [-0.39, 0.29) is 55.8 Å². The highest BCUT2D eigenvalue weighted by Gasteiger charge is 2.36. The second-order valence-corrected chi connectivity index (χ2v) is 12.0. The molecule has 0 unspecified atom stereocenters. The van der Waals surface area contributed by atoms with Crippen molar-refractivity contribution in [3.63, 3.8) is 0 Å². The molecule has 3 rings (SSSR count). The largest absolute Gasteiger partial charge is 0.384 e. The van der Waals surface area contributed by atoms with Crippen LogP contribution in [0.1, 0.15) is 25.8 Å². The molecule has 1 aromatic rings. The minimum atomic E-state index is -3.77.